The van der Waals surface area contributed by atoms with Crippen LogP contribution in [0.3, 0.4) is 0 Å². The van der Waals surface area contributed by atoms with E-state index in [-0.39, 0.29) is 0 Å². The molecule has 0 amide bonds. The number of hydrogen-bond donors (Lipinski definition) is 2. The van der Waals surface area contributed by atoms with Crippen LogP contribution in [0.2, 0.25) is 0 Å². The average molecular weight is 222 g/mol. The maximum Gasteiger partial charge on any atom is 0.638 e. The first kappa shape index (κ1) is 13.6. The van der Waals surface area contributed by atoms with Gasteiger partial charge in [0, 0.05) is 12.8 Å². The van der Waals surface area contributed by atoms with Crippen LogP contribution < -0.4 is 0 Å². The van der Waals surface area contributed by atoms with Crippen LogP contribution in [0.5, 0.6) is 0 Å². The average Bonchev–Trinajstić information content (AvgIpc) is 1.78. The first-order valence-electron chi connectivity index (χ1n) is 3.61. The Kier molecular flexibility index (Phi) is 4.76. The molecule has 0 rings (SSSR count). The highest BCUT2D eigenvalue weighted by Gasteiger charge is 2.36. The number of hydrogen-bond acceptors (Lipinski definition) is 3. The van der Waals surface area contributed by atoms with E-state index in [1.165, 1.54) is 0 Å². The van der Waals surface area contributed by atoms with E-state index >= 15 is 0 Å². The van der Waals surface area contributed by atoms with E-state index in [0.717, 1.165) is 0 Å². The van der Waals surface area contributed by atoms with E-state index in [1.54, 1.807) is 0 Å². The van der Waals surface area contributed by atoms with Crippen molar-refractivity contribution < 1.29 is 36.7 Å². The molecule has 0 atom stereocenters. The lowest BCUT2D eigenvalue weighted by Gasteiger charge is -2.16. The Hall–Kier alpha value is -0.405. The fourth-order valence-electron chi connectivity index (χ4n) is 0.708. The van der Waals surface area contributed by atoms with E-state index in [2.05, 4.69) is 4.65 Å². The van der Waals surface area contributed by atoms with Crippen molar-refractivity contribution in [1.82, 2.24) is 0 Å². The van der Waals surface area contributed by atoms with Gasteiger partial charge < -0.3 is 14.7 Å². The molecule has 3 nitrogen and oxygen atoms in total. The lowest BCUT2D eigenvalue weighted by atomic mass is 10.2. The molecule has 0 aliphatic carbocycles. The lowest BCUT2D eigenvalue weighted by molar-refractivity contribution is -0.205. The summed E-state index contributed by atoms with van der Waals surface area (Å²) in [4.78, 5) is 0. The lowest BCUT2D eigenvalue weighted by Crippen LogP contribution is -2.31. The van der Waals surface area contributed by atoms with Gasteiger partial charge in [0.15, 0.2) is 0 Å². The fourth-order valence-corrected chi connectivity index (χ4v) is 0.708. The van der Waals surface area contributed by atoms with Crippen molar-refractivity contribution in [3.05, 3.63) is 0 Å². The molecule has 2 N–H and O–H groups in total. The molecule has 0 heterocycles. The van der Waals surface area contributed by atoms with Crippen molar-refractivity contribution in [2.45, 2.75) is 31.5 Å². The highest BCUT2D eigenvalue weighted by atomic mass is 19.4. The van der Waals surface area contributed by atoms with Crippen molar-refractivity contribution in [2.24, 2.45) is 0 Å². The number of rotatable bonds is 5. The van der Waals surface area contributed by atoms with E-state index in [9.17, 15) is 22.0 Å². The van der Waals surface area contributed by atoms with Gasteiger partial charge in [-0.2, -0.15) is 22.0 Å². The summed E-state index contributed by atoms with van der Waals surface area (Å²) in [5, 5.41) is 16.0. The van der Waals surface area contributed by atoms with Gasteiger partial charge in [0.05, 0.1) is 0 Å². The van der Waals surface area contributed by atoms with E-state index in [1.807, 2.05) is 0 Å². The van der Waals surface area contributed by atoms with Crippen molar-refractivity contribution in [3.63, 3.8) is 0 Å². The van der Waals surface area contributed by atoms with Gasteiger partial charge >= 0.3 is 19.6 Å². The minimum absolute atomic E-state index is 0.844. The van der Waals surface area contributed by atoms with Crippen LogP contribution in [0, 0.1) is 0 Å². The molecule has 0 unspecified atom stereocenters. The molecule has 9 heteroatoms. The van der Waals surface area contributed by atoms with Crippen LogP contribution in [0.15, 0.2) is 0 Å². The normalized spacial score (nSPS) is 13.1. The van der Waals surface area contributed by atoms with Crippen LogP contribution in [0.4, 0.5) is 22.0 Å². The summed E-state index contributed by atoms with van der Waals surface area (Å²) in [6, 6.07) is 0. The largest absolute Gasteiger partial charge is 0.638 e. The number of halogens is 5. The Morgan fingerprint density at radius 1 is 1.00 bits per heavy atom. The van der Waals surface area contributed by atoms with Crippen LogP contribution in [0.25, 0.3) is 0 Å². The zero-order valence-corrected chi connectivity index (χ0v) is 6.89. The SMILES string of the molecule is OB(O)OC(F)(F)CCCC(F)(F)F. The monoisotopic (exact) mass is 222 g/mol. The third-order valence-corrected chi connectivity index (χ3v) is 1.21. The highest BCUT2D eigenvalue weighted by Crippen LogP contribution is 2.28. The van der Waals surface area contributed by atoms with Gasteiger partial charge in [0.1, 0.15) is 0 Å². The molecule has 0 spiro atoms. The maximum absolute atomic E-state index is 12.3. The molecular weight excluding hydrogens is 214 g/mol. The van der Waals surface area contributed by atoms with Crippen LogP contribution >= 0.6 is 0 Å². The Labute approximate surface area is 76.7 Å². The Morgan fingerprint density at radius 2 is 1.50 bits per heavy atom. The molecule has 14 heavy (non-hydrogen) atoms. The molecular formula is C5H8BF5O3. The molecule has 0 radical (unpaired) electrons. The number of alkyl halides is 5. The predicted molar refractivity (Wildman–Crippen MR) is 36.1 cm³/mol. The molecule has 84 valence electrons. The third-order valence-electron chi connectivity index (χ3n) is 1.21. The first-order valence-corrected chi connectivity index (χ1v) is 3.61. The summed E-state index contributed by atoms with van der Waals surface area (Å²) in [5.41, 5.74) is 0. The van der Waals surface area contributed by atoms with Crippen molar-refractivity contribution in [2.75, 3.05) is 0 Å². The molecule has 0 saturated heterocycles. The maximum atomic E-state index is 12.3. The molecule has 0 aromatic heterocycles. The van der Waals surface area contributed by atoms with Gasteiger partial charge in [-0.15, -0.1) is 0 Å². The predicted octanol–water partition coefficient (Wildman–Crippen LogP) is 1.30. The van der Waals surface area contributed by atoms with Crippen LogP contribution in [-0.2, 0) is 4.65 Å². The Balaban J connectivity index is 3.76. The van der Waals surface area contributed by atoms with E-state index < -0.39 is 38.9 Å². The van der Waals surface area contributed by atoms with E-state index in [0.29, 0.717) is 0 Å². The summed E-state index contributed by atoms with van der Waals surface area (Å²) in [7, 11) is -2.70. The van der Waals surface area contributed by atoms with Crippen molar-refractivity contribution >= 4 is 7.32 Å². The van der Waals surface area contributed by atoms with E-state index in [4.69, 9.17) is 10.0 Å². The van der Waals surface area contributed by atoms with Gasteiger partial charge in [-0.1, -0.05) is 0 Å². The molecule has 0 aromatic rings. The molecule has 0 aliphatic rings. The first-order chi connectivity index (χ1) is 6.12. The second-order valence-electron chi connectivity index (χ2n) is 2.55. The minimum Gasteiger partial charge on any atom is -0.402 e. The second kappa shape index (κ2) is 4.90. The highest BCUT2D eigenvalue weighted by molar-refractivity contribution is 6.32. The third kappa shape index (κ3) is 8.20. The van der Waals surface area contributed by atoms with Gasteiger partial charge in [-0.3, -0.25) is 0 Å². The van der Waals surface area contributed by atoms with Crippen LogP contribution in [0.1, 0.15) is 19.3 Å². The summed E-state index contributed by atoms with van der Waals surface area (Å²) >= 11 is 0. The van der Waals surface area contributed by atoms with Crippen LogP contribution in [-0.4, -0.2) is 29.7 Å². The second-order valence-corrected chi connectivity index (χ2v) is 2.55. The van der Waals surface area contributed by atoms with Gasteiger partial charge in [0.25, 0.3) is 0 Å². The zero-order chi connectivity index (χ0) is 11.4. The summed E-state index contributed by atoms with van der Waals surface area (Å²) in [6.07, 6.45) is -11.9. The molecule has 0 bridgehead atoms. The minimum atomic E-state index is -4.51. The zero-order valence-electron chi connectivity index (χ0n) is 6.89. The Morgan fingerprint density at radius 3 is 1.86 bits per heavy atom. The molecule has 0 aliphatic heterocycles. The van der Waals surface area contributed by atoms with Gasteiger partial charge in [0.2, 0.25) is 0 Å². The fraction of sp³-hybridized carbons (Fsp3) is 1.00. The molecule has 0 saturated carbocycles. The standard InChI is InChI=1S/C5H8BF5O3/c7-4(8,9)2-1-3-5(10,11)14-6(12)13/h12-13H,1-3H2. The smallest absolute Gasteiger partial charge is 0.402 e. The van der Waals surface area contributed by atoms with Crippen molar-refractivity contribution in [3.8, 4) is 0 Å². The Bertz CT molecular complexity index is 171. The van der Waals surface area contributed by atoms with Gasteiger partial charge in [-0.05, 0) is 6.42 Å². The van der Waals surface area contributed by atoms with Crippen molar-refractivity contribution in [1.29, 1.82) is 0 Å². The summed E-state index contributed by atoms with van der Waals surface area (Å²) in [5.74, 6) is 0. The summed E-state index contributed by atoms with van der Waals surface area (Å²) in [6.45, 7) is 0. The quantitative estimate of drug-likeness (QED) is 0.544. The topological polar surface area (TPSA) is 49.7 Å². The molecule has 0 fully saturated rings. The molecule has 0 aromatic carbocycles. The van der Waals surface area contributed by atoms with Gasteiger partial charge in [-0.25, -0.2) is 0 Å². The summed E-state index contributed by atoms with van der Waals surface area (Å²) < 4.78 is 62.5.